The summed E-state index contributed by atoms with van der Waals surface area (Å²) in [6.07, 6.45) is 2.34. The average molecular weight is 358 g/mol. The van der Waals surface area contributed by atoms with Crippen LogP contribution in [0, 0.1) is 0 Å². The van der Waals surface area contributed by atoms with Gasteiger partial charge in [0, 0.05) is 17.0 Å². The highest BCUT2D eigenvalue weighted by Crippen LogP contribution is 2.13. The maximum absolute atomic E-state index is 12.0. The number of carbonyl (C=O) groups is 2. The van der Waals surface area contributed by atoms with Crippen molar-refractivity contribution in [1.82, 2.24) is 15.5 Å². The van der Waals surface area contributed by atoms with E-state index >= 15 is 0 Å². The van der Waals surface area contributed by atoms with E-state index in [-0.39, 0.29) is 12.5 Å². The summed E-state index contributed by atoms with van der Waals surface area (Å²) < 4.78 is 5.03. The molecule has 6 nitrogen and oxygen atoms in total. The first-order chi connectivity index (χ1) is 12.1. The first kappa shape index (κ1) is 17.0. The molecule has 0 saturated heterocycles. The Morgan fingerprint density at radius 3 is 2.76 bits per heavy atom. The first-order valence-corrected chi connectivity index (χ1v) is 8.11. The molecule has 25 heavy (non-hydrogen) atoms. The Kier molecular flexibility index (Phi) is 5.30. The Balaban J connectivity index is 1.43. The van der Waals surface area contributed by atoms with Crippen LogP contribution in [0.2, 0.25) is 5.02 Å². The largest absolute Gasteiger partial charge is 0.452 e. The standard InChI is InChI=1S/C18H16ClN3O3/c19-15-5-1-12(2-6-15)7-8-20-17(23)11-25-18(24)13-3-4-14-10-21-22-16(14)9-13/h1-6,9-10H,7-8,11H2,(H,20,23)(H,21,22). The number of nitrogens with one attached hydrogen (secondary N) is 2. The van der Waals surface area contributed by atoms with Crippen LogP contribution in [0.1, 0.15) is 15.9 Å². The minimum Gasteiger partial charge on any atom is -0.452 e. The van der Waals surface area contributed by atoms with E-state index < -0.39 is 5.97 Å². The van der Waals surface area contributed by atoms with Gasteiger partial charge in [0.05, 0.1) is 17.3 Å². The normalized spacial score (nSPS) is 10.6. The quantitative estimate of drug-likeness (QED) is 0.664. The van der Waals surface area contributed by atoms with E-state index in [4.69, 9.17) is 16.3 Å². The molecule has 3 rings (SSSR count). The summed E-state index contributed by atoms with van der Waals surface area (Å²) in [4.78, 5) is 23.8. The summed E-state index contributed by atoms with van der Waals surface area (Å²) in [7, 11) is 0. The number of carbonyl (C=O) groups excluding carboxylic acids is 2. The van der Waals surface area contributed by atoms with Crippen molar-refractivity contribution in [3.63, 3.8) is 0 Å². The third-order valence-corrected chi connectivity index (χ3v) is 3.91. The van der Waals surface area contributed by atoms with Gasteiger partial charge in [0.15, 0.2) is 6.61 Å². The van der Waals surface area contributed by atoms with Crippen molar-refractivity contribution in [2.45, 2.75) is 6.42 Å². The number of esters is 1. The van der Waals surface area contributed by atoms with Crippen molar-refractivity contribution in [2.24, 2.45) is 0 Å². The highest BCUT2D eigenvalue weighted by molar-refractivity contribution is 6.30. The van der Waals surface area contributed by atoms with Crippen molar-refractivity contribution >= 4 is 34.4 Å². The molecule has 7 heteroatoms. The molecule has 2 N–H and O–H groups in total. The van der Waals surface area contributed by atoms with E-state index in [1.165, 1.54) is 0 Å². The number of ether oxygens (including phenoxy) is 1. The molecule has 2 aromatic carbocycles. The van der Waals surface area contributed by atoms with Gasteiger partial charge in [0.2, 0.25) is 0 Å². The van der Waals surface area contributed by atoms with Crippen LogP contribution in [-0.2, 0) is 16.0 Å². The molecule has 0 atom stereocenters. The first-order valence-electron chi connectivity index (χ1n) is 7.73. The van der Waals surface area contributed by atoms with Gasteiger partial charge in [-0.3, -0.25) is 9.89 Å². The molecule has 0 aliphatic rings. The van der Waals surface area contributed by atoms with E-state index in [1.807, 2.05) is 12.1 Å². The summed E-state index contributed by atoms with van der Waals surface area (Å²) in [5, 5.41) is 11.0. The number of halogens is 1. The molecule has 1 aromatic heterocycles. The number of rotatable bonds is 6. The lowest BCUT2D eigenvalue weighted by molar-refractivity contribution is -0.124. The Morgan fingerprint density at radius 2 is 1.96 bits per heavy atom. The fourth-order valence-corrected chi connectivity index (χ4v) is 2.45. The van der Waals surface area contributed by atoms with Gasteiger partial charge in [-0.2, -0.15) is 5.10 Å². The smallest absolute Gasteiger partial charge is 0.338 e. The van der Waals surface area contributed by atoms with E-state index in [9.17, 15) is 9.59 Å². The highest BCUT2D eigenvalue weighted by Gasteiger charge is 2.11. The molecule has 128 valence electrons. The minimum absolute atomic E-state index is 0.319. The van der Waals surface area contributed by atoms with E-state index in [0.29, 0.717) is 23.6 Å². The van der Waals surface area contributed by atoms with Gasteiger partial charge in [-0.15, -0.1) is 0 Å². The number of nitrogens with zero attached hydrogens (tertiary/aromatic N) is 1. The number of hydrogen-bond donors (Lipinski definition) is 2. The number of aromatic nitrogens is 2. The Labute approximate surface area is 149 Å². The number of amides is 1. The molecular formula is C18H16ClN3O3. The van der Waals surface area contributed by atoms with Gasteiger partial charge in [-0.05, 0) is 36.2 Å². The number of benzene rings is 2. The summed E-state index contributed by atoms with van der Waals surface area (Å²) in [6.45, 7) is 0.137. The molecule has 0 spiro atoms. The molecule has 0 radical (unpaired) electrons. The second kappa shape index (κ2) is 7.81. The van der Waals surface area contributed by atoms with Gasteiger partial charge >= 0.3 is 5.97 Å². The van der Waals surface area contributed by atoms with Crippen molar-refractivity contribution in [3.05, 3.63) is 64.8 Å². The zero-order chi connectivity index (χ0) is 17.6. The lowest BCUT2D eigenvalue weighted by atomic mass is 10.1. The molecule has 0 aliphatic heterocycles. The number of fused-ring (bicyclic) bond motifs is 1. The topological polar surface area (TPSA) is 84.1 Å². The van der Waals surface area contributed by atoms with Crippen LogP contribution in [0.4, 0.5) is 0 Å². The molecule has 0 unspecified atom stereocenters. The second-order valence-electron chi connectivity index (χ2n) is 5.47. The van der Waals surface area contributed by atoms with E-state index in [0.717, 1.165) is 16.5 Å². The van der Waals surface area contributed by atoms with Crippen LogP contribution in [-0.4, -0.2) is 35.2 Å². The van der Waals surface area contributed by atoms with Crippen molar-refractivity contribution in [2.75, 3.05) is 13.2 Å². The predicted molar refractivity (Wildman–Crippen MR) is 94.5 cm³/mol. The van der Waals surface area contributed by atoms with Gasteiger partial charge in [-0.1, -0.05) is 29.8 Å². The molecule has 0 saturated carbocycles. The Morgan fingerprint density at radius 1 is 1.16 bits per heavy atom. The van der Waals surface area contributed by atoms with Crippen LogP contribution < -0.4 is 5.32 Å². The SMILES string of the molecule is O=C(COC(=O)c1ccc2cn[nH]c2c1)NCCc1ccc(Cl)cc1. The molecule has 0 bridgehead atoms. The summed E-state index contributed by atoms with van der Waals surface area (Å²) in [5.41, 5.74) is 2.17. The van der Waals surface area contributed by atoms with Crippen molar-refractivity contribution in [1.29, 1.82) is 0 Å². The van der Waals surface area contributed by atoms with E-state index in [2.05, 4.69) is 15.5 Å². The molecule has 0 fully saturated rings. The fourth-order valence-electron chi connectivity index (χ4n) is 2.33. The summed E-state index contributed by atoms with van der Waals surface area (Å²) in [6, 6.07) is 12.5. The lowest BCUT2D eigenvalue weighted by Crippen LogP contribution is -2.30. The monoisotopic (exact) mass is 357 g/mol. The van der Waals surface area contributed by atoms with Gasteiger partial charge in [0.25, 0.3) is 5.91 Å². The Bertz CT molecular complexity index is 890. The summed E-state index contributed by atoms with van der Waals surface area (Å²) >= 11 is 5.82. The van der Waals surface area contributed by atoms with Crippen LogP contribution in [0.3, 0.4) is 0 Å². The maximum atomic E-state index is 12.0. The molecule has 1 amide bonds. The van der Waals surface area contributed by atoms with Crippen molar-refractivity contribution in [3.8, 4) is 0 Å². The third-order valence-electron chi connectivity index (χ3n) is 3.66. The number of hydrogen-bond acceptors (Lipinski definition) is 4. The zero-order valence-corrected chi connectivity index (χ0v) is 14.0. The zero-order valence-electron chi connectivity index (χ0n) is 13.3. The Hall–Kier alpha value is -2.86. The van der Waals surface area contributed by atoms with Crippen LogP contribution in [0.5, 0.6) is 0 Å². The molecular weight excluding hydrogens is 342 g/mol. The second-order valence-corrected chi connectivity index (χ2v) is 5.91. The van der Waals surface area contributed by atoms with Gasteiger partial charge < -0.3 is 10.1 Å². The number of aromatic amines is 1. The van der Waals surface area contributed by atoms with Crippen LogP contribution in [0.25, 0.3) is 10.9 Å². The number of H-pyrrole nitrogens is 1. The third kappa shape index (κ3) is 4.58. The van der Waals surface area contributed by atoms with Crippen LogP contribution in [0.15, 0.2) is 48.7 Å². The predicted octanol–water partition coefficient (Wildman–Crippen LogP) is 2.73. The highest BCUT2D eigenvalue weighted by atomic mass is 35.5. The van der Waals surface area contributed by atoms with Crippen LogP contribution >= 0.6 is 11.6 Å². The van der Waals surface area contributed by atoms with Gasteiger partial charge in [-0.25, -0.2) is 4.79 Å². The summed E-state index contributed by atoms with van der Waals surface area (Å²) in [5.74, 6) is -0.894. The molecule has 0 aliphatic carbocycles. The molecule has 3 aromatic rings. The average Bonchev–Trinajstić information content (AvgIpc) is 3.09. The van der Waals surface area contributed by atoms with E-state index in [1.54, 1.807) is 36.5 Å². The van der Waals surface area contributed by atoms with Gasteiger partial charge in [0.1, 0.15) is 0 Å². The minimum atomic E-state index is -0.552. The fraction of sp³-hybridized carbons (Fsp3) is 0.167. The molecule has 1 heterocycles. The maximum Gasteiger partial charge on any atom is 0.338 e. The lowest BCUT2D eigenvalue weighted by Gasteiger charge is -2.07. The van der Waals surface area contributed by atoms with Crippen molar-refractivity contribution < 1.29 is 14.3 Å².